The molecule has 0 spiro atoms. The summed E-state index contributed by atoms with van der Waals surface area (Å²) in [5.74, 6) is -4.00. The molecule has 0 radical (unpaired) electrons. The number of carbonyl (C=O) groups is 2. The second-order valence-electron chi connectivity index (χ2n) is 8.45. The number of hydrogen-bond donors (Lipinski definition) is 2. The van der Waals surface area contributed by atoms with Crippen LogP contribution >= 0.6 is 0 Å². The van der Waals surface area contributed by atoms with E-state index in [0.29, 0.717) is 17.0 Å². The Bertz CT molecular complexity index is 1080. The number of rotatable bonds is 8. The Morgan fingerprint density at radius 3 is 2.26 bits per heavy atom. The average Bonchev–Trinajstić information content (AvgIpc) is 2.82. The standard InChI is InChI=1S/C25H29N3O7/c1-4-34-23(29)21-19(27-26-17-11-13-18(14-12-17)28(32)33)15-25(3,31)22(24(30)35-5-2)20(21)16-9-7-6-8-10-16/h6-14,20-22,26,31H,4-5,15H2,1-3H3/b27-19-/t20-,21+,22+,25-/m0/s1. The van der Waals surface area contributed by atoms with Gasteiger partial charge in [-0.2, -0.15) is 5.10 Å². The van der Waals surface area contributed by atoms with Crippen LogP contribution in [0.15, 0.2) is 59.7 Å². The van der Waals surface area contributed by atoms with Crippen molar-refractivity contribution < 1.29 is 29.1 Å². The molecule has 0 amide bonds. The van der Waals surface area contributed by atoms with Crippen LogP contribution in [-0.4, -0.2) is 46.5 Å². The van der Waals surface area contributed by atoms with E-state index < -0.39 is 40.2 Å². The number of anilines is 1. The highest BCUT2D eigenvalue weighted by molar-refractivity contribution is 6.06. The van der Waals surface area contributed by atoms with Crippen LogP contribution < -0.4 is 5.43 Å². The van der Waals surface area contributed by atoms with Crippen molar-refractivity contribution in [1.82, 2.24) is 0 Å². The third-order valence-electron chi connectivity index (χ3n) is 5.96. The van der Waals surface area contributed by atoms with Gasteiger partial charge in [0.15, 0.2) is 0 Å². The van der Waals surface area contributed by atoms with Crippen molar-refractivity contribution >= 4 is 29.0 Å². The van der Waals surface area contributed by atoms with Crippen LogP contribution in [0.5, 0.6) is 0 Å². The minimum absolute atomic E-state index is 0.0744. The Hall–Kier alpha value is -3.79. The lowest BCUT2D eigenvalue weighted by Crippen LogP contribution is -2.55. The molecule has 1 saturated carbocycles. The number of carbonyl (C=O) groups excluding carboxylic acids is 2. The van der Waals surface area contributed by atoms with E-state index in [9.17, 15) is 24.8 Å². The van der Waals surface area contributed by atoms with E-state index in [4.69, 9.17) is 9.47 Å². The number of ether oxygens (including phenoxy) is 2. The van der Waals surface area contributed by atoms with Gasteiger partial charge < -0.3 is 14.6 Å². The van der Waals surface area contributed by atoms with Crippen LogP contribution in [0.1, 0.15) is 38.7 Å². The van der Waals surface area contributed by atoms with Gasteiger partial charge in [-0.1, -0.05) is 30.3 Å². The number of hydrazone groups is 1. The first kappa shape index (κ1) is 25.8. The van der Waals surface area contributed by atoms with Gasteiger partial charge in [-0.15, -0.1) is 0 Å². The monoisotopic (exact) mass is 483 g/mol. The van der Waals surface area contributed by atoms with Crippen molar-refractivity contribution in [2.24, 2.45) is 16.9 Å². The SMILES string of the molecule is CCOC(=O)[C@@H]1/C(=N\Nc2ccc([N+](=O)[O-])cc2)C[C@](C)(O)[C@@H](C(=O)OCC)[C@H]1c1ccccc1. The number of esters is 2. The predicted octanol–water partition coefficient (Wildman–Crippen LogP) is 3.66. The maximum Gasteiger partial charge on any atom is 0.315 e. The molecule has 4 atom stereocenters. The molecule has 186 valence electrons. The minimum atomic E-state index is -1.58. The lowest BCUT2D eigenvalue weighted by molar-refractivity contribution is -0.384. The van der Waals surface area contributed by atoms with Gasteiger partial charge in [0.25, 0.3) is 5.69 Å². The summed E-state index contributed by atoms with van der Waals surface area (Å²) in [6.07, 6.45) is -0.0940. The fraction of sp³-hybridized carbons (Fsp3) is 0.400. The molecule has 1 aliphatic carbocycles. The number of non-ortho nitro benzene ring substituents is 1. The van der Waals surface area contributed by atoms with Gasteiger partial charge in [0, 0.05) is 24.5 Å². The quantitative estimate of drug-likeness (QED) is 0.329. The van der Waals surface area contributed by atoms with Gasteiger partial charge in [-0.25, -0.2) is 0 Å². The summed E-state index contributed by atoms with van der Waals surface area (Å²) in [5, 5.41) is 26.7. The molecule has 1 aliphatic rings. The number of nitrogens with zero attached hydrogens (tertiary/aromatic N) is 2. The first-order chi connectivity index (χ1) is 16.7. The van der Waals surface area contributed by atoms with Gasteiger partial charge in [-0.05, 0) is 38.5 Å². The zero-order valence-corrected chi connectivity index (χ0v) is 19.8. The zero-order valence-electron chi connectivity index (χ0n) is 19.8. The smallest absolute Gasteiger partial charge is 0.315 e. The molecule has 3 rings (SSSR count). The Labute approximate surface area is 203 Å². The van der Waals surface area contributed by atoms with Crippen molar-refractivity contribution in [2.45, 2.75) is 38.7 Å². The van der Waals surface area contributed by atoms with Crippen LogP contribution in [0.25, 0.3) is 0 Å². The van der Waals surface area contributed by atoms with E-state index in [0.717, 1.165) is 0 Å². The third-order valence-corrected chi connectivity index (χ3v) is 5.96. The number of nitro benzene ring substituents is 1. The normalized spacial score (nSPS) is 25.0. The average molecular weight is 484 g/mol. The summed E-state index contributed by atoms with van der Waals surface area (Å²) in [6, 6.07) is 14.6. The minimum Gasteiger partial charge on any atom is -0.466 e. The van der Waals surface area contributed by atoms with Crippen molar-refractivity contribution in [3.63, 3.8) is 0 Å². The second-order valence-corrected chi connectivity index (χ2v) is 8.45. The molecular formula is C25H29N3O7. The lowest BCUT2D eigenvalue weighted by atomic mass is 9.61. The van der Waals surface area contributed by atoms with Crippen LogP contribution in [0.4, 0.5) is 11.4 Å². The molecule has 35 heavy (non-hydrogen) atoms. The molecule has 2 aromatic rings. The van der Waals surface area contributed by atoms with Gasteiger partial charge >= 0.3 is 11.9 Å². The Balaban J connectivity index is 2.09. The fourth-order valence-electron chi connectivity index (χ4n) is 4.48. The summed E-state index contributed by atoms with van der Waals surface area (Å²) < 4.78 is 10.6. The van der Waals surface area contributed by atoms with Crippen LogP contribution in [0.3, 0.4) is 0 Å². The molecule has 0 unspecified atom stereocenters. The van der Waals surface area contributed by atoms with Crippen molar-refractivity contribution in [3.05, 3.63) is 70.3 Å². The third kappa shape index (κ3) is 5.83. The predicted molar refractivity (Wildman–Crippen MR) is 129 cm³/mol. The number of nitrogens with one attached hydrogen (secondary N) is 1. The lowest BCUT2D eigenvalue weighted by Gasteiger charge is -2.45. The molecule has 10 nitrogen and oxygen atoms in total. The van der Waals surface area contributed by atoms with Gasteiger partial charge in [-0.3, -0.25) is 25.1 Å². The number of nitro groups is 1. The molecule has 2 N–H and O–H groups in total. The highest BCUT2D eigenvalue weighted by Crippen LogP contribution is 2.47. The van der Waals surface area contributed by atoms with E-state index >= 15 is 0 Å². The maximum atomic E-state index is 13.2. The van der Waals surface area contributed by atoms with Gasteiger partial charge in [0.1, 0.15) is 5.92 Å². The molecule has 0 aromatic heterocycles. The molecule has 2 aromatic carbocycles. The first-order valence-corrected chi connectivity index (χ1v) is 11.4. The Kier molecular flexibility index (Phi) is 8.18. The molecule has 0 heterocycles. The van der Waals surface area contributed by atoms with Crippen molar-refractivity contribution in [1.29, 1.82) is 0 Å². The summed E-state index contributed by atoms with van der Waals surface area (Å²) in [6.45, 7) is 5.13. The summed E-state index contributed by atoms with van der Waals surface area (Å²) in [5.41, 5.74) is 2.57. The van der Waals surface area contributed by atoms with Crippen molar-refractivity contribution in [2.75, 3.05) is 18.6 Å². The Morgan fingerprint density at radius 2 is 1.69 bits per heavy atom. The van der Waals surface area contributed by atoms with Crippen LogP contribution in [0, 0.1) is 22.0 Å². The fourth-order valence-corrected chi connectivity index (χ4v) is 4.48. The van der Waals surface area contributed by atoms with E-state index in [1.807, 2.05) is 6.07 Å². The highest BCUT2D eigenvalue weighted by Gasteiger charge is 2.56. The first-order valence-electron chi connectivity index (χ1n) is 11.4. The van der Waals surface area contributed by atoms with E-state index in [2.05, 4.69) is 10.5 Å². The summed E-state index contributed by atoms with van der Waals surface area (Å²) >= 11 is 0. The maximum absolute atomic E-state index is 13.2. The molecule has 0 bridgehead atoms. The van der Waals surface area contributed by atoms with Gasteiger partial charge in [0.05, 0.1) is 41.1 Å². The van der Waals surface area contributed by atoms with Gasteiger partial charge in [0.2, 0.25) is 0 Å². The topological polar surface area (TPSA) is 140 Å². The molecular weight excluding hydrogens is 454 g/mol. The second kappa shape index (κ2) is 11.1. The molecule has 0 saturated heterocycles. The van der Waals surface area contributed by atoms with E-state index in [1.165, 1.54) is 31.2 Å². The number of hydrogen-bond acceptors (Lipinski definition) is 9. The molecule has 0 aliphatic heterocycles. The summed E-state index contributed by atoms with van der Waals surface area (Å²) in [4.78, 5) is 36.7. The number of benzene rings is 2. The van der Waals surface area contributed by atoms with Crippen molar-refractivity contribution in [3.8, 4) is 0 Å². The Morgan fingerprint density at radius 1 is 1.09 bits per heavy atom. The van der Waals surface area contributed by atoms with Crippen LogP contribution in [0.2, 0.25) is 0 Å². The highest BCUT2D eigenvalue weighted by atomic mass is 16.6. The zero-order chi connectivity index (χ0) is 25.6. The summed E-state index contributed by atoms with van der Waals surface area (Å²) in [7, 11) is 0. The molecule has 1 fully saturated rings. The molecule has 10 heteroatoms. The van der Waals surface area contributed by atoms with Crippen LogP contribution in [-0.2, 0) is 19.1 Å². The largest absolute Gasteiger partial charge is 0.466 e. The van der Waals surface area contributed by atoms with E-state index in [1.54, 1.807) is 38.1 Å². The van der Waals surface area contributed by atoms with E-state index in [-0.39, 0.29) is 25.3 Å². The number of aliphatic hydroxyl groups is 1.